The van der Waals surface area contributed by atoms with E-state index in [1.165, 1.54) is 23.0 Å². The van der Waals surface area contributed by atoms with Crippen LogP contribution in [0.2, 0.25) is 0 Å². The first-order valence-electron chi connectivity index (χ1n) is 15.2. The summed E-state index contributed by atoms with van der Waals surface area (Å²) in [5.41, 5.74) is 0.944. The fourth-order valence-electron chi connectivity index (χ4n) is 6.04. The molecule has 3 amide bonds. The Hall–Kier alpha value is -3.56. The van der Waals surface area contributed by atoms with Crippen LogP contribution >= 0.6 is 0 Å². The summed E-state index contributed by atoms with van der Waals surface area (Å²) >= 11 is 0. The number of fused-ring (bicyclic) bond motifs is 1. The number of rotatable bonds is 10. The van der Waals surface area contributed by atoms with E-state index in [2.05, 4.69) is 25.7 Å². The summed E-state index contributed by atoms with van der Waals surface area (Å²) in [6, 6.07) is -1.83. The highest BCUT2D eigenvalue weighted by atomic mass is 19.3. The minimum absolute atomic E-state index is 0.0380. The Balaban J connectivity index is 1.35. The maximum Gasteiger partial charge on any atom is 0.316 e. The first-order chi connectivity index (χ1) is 22.0. The monoisotopic (exact) mass is 648 g/mol. The molecule has 3 fully saturated rings. The lowest BCUT2D eigenvalue weighted by atomic mass is 9.43. The zero-order chi connectivity index (χ0) is 33.9. The van der Waals surface area contributed by atoms with Gasteiger partial charge < -0.3 is 20.3 Å². The van der Waals surface area contributed by atoms with Crippen LogP contribution in [0, 0.1) is 5.92 Å². The van der Waals surface area contributed by atoms with Crippen molar-refractivity contribution in [3.8, 4) is 0 Å². The highest BCUT2D eigenvalue weighted by molar-refractivity contribution is 6.48. The lowest BCUT2D eigenvalue weighted by Crippen LogP contribution is -2.83. The summed E-state index contributed by atoms with van der Waals surface area (Å²) < 4.78 is 70.8. The Kier molecular flexibility index (Phi) is 8.40. The smallest absolute Gasteiger partial charge is 0.316 e. The molecule has 0 spiro atoms. The molecule has 8 radical (unpaired) electrons. The van der Waals surface area contributed by atoms with Crippen LogP contribution in [-0.4, -0.2) is 108 Å². The number of urea groups is 1. The normalized spacial score (nSPS) is 23.3. The lowest BCUT2D eigenvalue weighted by Gasteiger charge is -2.58. The van der Waals surface area contributed by atoms with E-state index in [4.69, 9.17) is 40.8 Å². The van der Waals surface area contributed by atoms with Crippen LogP contribution in [-0.2, 0) is 11.2 Å². The molecule has 4 heterocycles. The molecule has 6 rings (SSSR count). The third kappa shape index (κ3) is 6.13. The Morgan fingerprint density at radius 3 is 2.51 bits per heavy atom. The van der Waals surface area contributed by atoms with E-state index in [-0.39, 0.29) is 55.3 Å². The van der Waals surface area contributed by atoms with Gasteiger partial charge in [-0.05, 0) is 49.2 Å². The number of carbonyl (C=O) groups is 2. The quantitative estimate of drug-likeness (QED) is 0.251. The number of halogens is 4. The van der Waals surface area contributed by atoms with Gasteiger partial charge in [0.2, 0.25) is 5.92 Å². The van der Waals surface area contributed by atoms with Crippen LogP contribution in [0.15, 0.2) is 23.1 Å². The van der Waals surface area contributed by atoms with E-state index in [1.54, 1.807) is 6.92 Å². The molecule has 47 heavy (non-hydrogen) atoms. The predicted molar refractivity (Wildman–Crippen MR) is 159 cm³/mol. The van der Waals surface area contributed by atoms with Crippen LogP contribution < -0.4 is 10.6 Å². The maximum atomic E-state index is 15.4. The van der Waals surface area contributed by atoms with Crippen molar-refractivity contribution in [1.82, 2.24) is 40.4 Å². The van der Waals surface area contributed by atoms with E-state index in [0.717, 1.165) is 12.8 Å². The van der Waals surface area contributed by atoms with Gasteiger partial charge in [-0.1, -0.05) is 12.1 Å². The number of hydrogen-bond donors (Lipinski definition) is 2. The largest absolute Gasteiger partial charge is 0.376 e. The van der Waals surface area contributed by atoms with Crippen molar-refractivity contribution in [2.24, 2.45) is 5.92 Å². The molecule has 2 atom stereocenters. The molecule has 20 heteroatoms. The average Bonchev–Trinajstić information content (AvgIpc) is 3.52. The highest BCUT2D eigenvalue weighted by Gasteiger charge is 2.64. The molecule has 1 aliphatic heterocycles. The number of hydrogen-bond acceptors (Lipinski definition) is 8. The van der Waals surface area contributed by atoms with Crippen molar-refractivity contribution in [3.05, 3.63) is 41.1 Å². The van der Waals surface area contributed by atoms with Gasteiger partial charge in [0.25, 0.3) is 11.8 Å². The third-order valence-corrected chi connectivity index (χ3v) is 8.97. The molecule has 2 N–H and O–H groups in total. The Bertz CT molecular complexity index is 1660. The van der Waals surface area contributed by atoms with Gasteiger partial charge in [0.05, 0.1) is 74.3 Å². The number of aromatic nitrogens is 5. The zero-order valence-electron chi connectivity index (χ0n) is 25.3. The van der Waals surface area contributed by atoms with Crippen molar-refractivity contribution in [3.63, 3.8) is 0 Å². The van der Waals surface area contributed by atoms with E-state index < -0.39 is 52.5 Å². The van der Waals surface area contributed by atoms with Crippen LogP contribution in [0.4, 0.5) is 22.4 Å². The van der Waals surface area contributed by atoms with Crippen molar-refractivity contribution in [2.75, 3.05) is 6.61 Å². The molecule has 12 nitrogen and oxygen atoms in total. The van der Waals surface area contributed by atoms with E-state index >= 15 is 8.78 Å². The minimum Gasteiger partial charge on any atom is -0.376 e. The molecule has 2 saturated carbocycles. The van der Waals surface area contributed by atoms with Crippen molar-refractivity contribution < 1.29 is 36.5 Å². The molecular formula is C27H28B4F4N8O4. The zero-order valence-corrected chi connectivity index (χ0v) is 25.3. The maximum absolute atomic E-state index is 15.4. The van der Waals surface area contributed by atoms with Crippen LogP contribution in [0.25, 0.3) is 5.65 Å². The van der Waals surface area contributed by atoms with Gasteiger partial charge in [-0.15, -0.1) is 0 Å². The number of imidazole rings is 1. The molecule has 2 aliphatic carbocycles. The van der Waals surface area contributed by atoms with Gasteiger partial charge in [-0.3, -0.25) is 4.79 Å². The van der Waals surface area contributed by atoms with Gasteiger partial charge in [0.15, 0.2) is 11.3 Å². The van der Waals surface area contributed by atoms with Crippen molar-refractivity contribution >= 4 is 49.0 Å². The first kappa shape index (κ1) is 33.3. The lowest BCUT2D eigenvalue weighted by molar-refractivity contribution is -0.109. The van der Waals surface area contributed by atoms with Gasteiger partial charge >= 0.3 is 6.03 Å². The Morgan fingerprint density at radius 1 is 1.15 bits per heavy atom. The average molecular weight is 648 g/mol. The van der Waals surface area contributed by atoms with Gasteiger partial charge in [-0.25, -0.2) is 36.5 Å². The summed E-state index contributed by atoms with van der Waals surface area (Å²) in [5.74, 6) is -8.09. The number of carbonyl (C=O) groups excluding carboxylic acids is 2. The van der Waals surface area contributed by atoms with Crippen LogP contribution in [0.5, 0.6) is 0 Å². The van der Waals surface area contributed by atoms with E-state index in [1.807, 2.05) is 5.32 Å². The van der Waals surface area contributed by atoms with Gasteiger partial charge in [-0.2, -0.15) is 5.10 Å². The Labute approximate surface area is 272 Å². The third-order valence-electron chi connectivity index (χ3n) is 8.97. The van der Waals surface area contributed by atoms with E-state index in [9.17, 15) is 18.4 Å². The van der Waals surface area contributed by atoms with E-state index in [0.29, 0.717) is 22.7 Å². The van der Waals surface area contributed by atoms with Crippen molar-refractivity contribution in [1.29, 1.82) is 0 Å². The van der Waals surface area contributed by atoms with Crippen LogP contribution in [0.1, 0.15) is 85.0 Å². The molecular weight excluding hydrogens is 620 g/mol. The molecule has 240 valence electrons. The topological polar surface area (TPSA) is 140 Å². The number of aryl methyl sites for hydroxylation is 1. The van der Waals surface area contributed by atoms with Crippen LogP contribution in [0.3, 0.4) is 0 Å². The number of ether oxygens (including phenoxy) is 1. The second kappa shape index (κ2) is 11.8. The summed E-state index contributed by atoms with van der Waals surface area (Å²) in [7, 11) is 22.8. The number of nitrogens with one attached hydrogen (secondary N) is 2. The molecule has 1 saturated heterocycles. The fraction of sp³-hybridized carbons (Fsp3) is 0.630. The molecule has 3 aliphatic rings. The second-order valence-corrected chi connectivity index (χ2v) is 12.4. The number of amides is 3. The Morgan fingerprint density at radius 2 is 1.85 bits per heavy atom. The minimum atomic E-state index is -4.22. The summed E-state index contributed by atoms with van der Waals surface area (Å²) in [5, 5.41) is 10.3. The summed E-state index contributed by atoms with van der Waals surface area (Å²) in [6.45, 7) is 1.49. The highest BCUT2D eigenvalue weighted by Crippen LogP contribution is 2.44. The molecule has 3 aromatic rings. The molecule has 0 bridgehead atoms. The molecule has 3 aromatic heterocycles. The number of nitrogens with zero attached hydrogens (tertiary/aromatic N) is 6. The summed E-state index contributed by atoms with van der Waals surface area (Å²) in [6.07, 6.45) is 3.98. The van der Waals surface area contributed by atoms with Gasteiger partial charge in [0.1, 0.15) is 5.69 Å². The number of alkyl halides is 4. The standard InChI is InChI=1S/C27H28B4F4N8O4/c1-2-16-21(41-47-40-16)22(44)38-20(13-5-7-24(32,33)8-6-13)17-11-42-19(37-17)9-14(10-36-42)18(12-46-15-3-4-15)43-23(45)39-26(28,29)25(34,35)27(43,30)31/h9-11,13,15,18,20H,2-8,12H2,1H3,(H,38,44)(H,39,45). The SMILES string of the molecule is [B]C1([B])NC(=O)N(C(COC2CC2)c2cnn3cc(C(NC(=O)c4nonc4CC)C4CCC(F)(F)CC4)nc3c2)C([B])([B])C1(F)F. The fourth-order valence-corrected chi connectivity index (χ4v) is 6.04. The molecule has 0 aromatic carbocycles. The summed E-state index contributed by atoms with van der Waals surface area (Å²) in [4.78, 5) is 31.6. The van der Waals surface area contributed by atoms with Crippen molar-refractivity contribution in [2.45, 2.75) is 92.6 Å². The van der Waals surface area contributed by atoms with Gasteiger partial charge in [0, 0.05) is 29.1 Å². The second-order valence-electron chi connectivity index (χ2n) is 12.4. The molecule has 2 unspecified atom stereocenters. The predicted octanol–water partition coefficient (Wildman–Crippen LogP) is 1.83. The first-order valence-corrected chi connectivity index (χ1v) is 15.2.